The molecule has 27 heavy (non-hydrogen) atoms. The van der Waals surface area contributed by atoms with E-state index in [1.165, 1.54) is 0 Å². The lowest BCUT2D eigenvalue weighted by atomic mass is 10.0. The molecule has 5 heterocycles. The summed E-state index contributed by atoms with van der Waals surface area (Å²) in [7, 11) is 2.10. The highest BCUT2D eigenvalue weighted by Gasteiger charge is 2.32. The maximum atomic E-state index is 5.48. The van der Waals surface area contributed by atoms with Gasteiger partial charge in [-0.1, -0.05) is 5.16 Å². The first-order chi connectivity index (χ1) is 13.3. The van der Waals surface area contributed by atoms with Crippen LogP contribution in [0.5, 0.6) is 0 Å². The van der Waals surface area contributed by atoms with E-state index in [1.54, 1.807) is 10.8 Å². The summed E-state index contributed by atoms with van der Waals surface area (Å²) in [4.78, 5) is 9.11. The van der Waals surface area contributed by atoms with Gasteiger partial charge in [-0.15, -0.1) is 15.3 Å². The van der Waals surface area contributed by atoms with Gasteiger partial charge >= 0.3 is 0 Å². The van der Waals surface area contributed by atoms with E-state index in [0.717, 1.165) is 62.3 Å². The van der Waals surface area contributed by atoms with Crippen molar-refractivity contribution in [2.75, 3.05) is 38.3 Å². The van der Waals surface area contributed by atoms with Crippen LogP contribution >= 0.6 is 0 Å². The Bertz CT molecular complexity index is 912. The average Bonchev–Trinajstić information content (AvgIpc) is 3.30. The summed E-state index contributed by atoms with van der Waals surface area (Å²) < 4.78 is 12.6. The van der Waals surface area contributed by atoms with Gasteiger partial charge in [-0.3, -0.25) is 4.90 Å². The number of rotatable bonds is 5. The molecule has 0 saturated carbocycles. The molecule has 10 heteroatoms. The molecule has 10 nitrogen and oxygen atoms in total. The molecule has 0 aromatic carbocycles. The number of aromatic nitrogens is 6. The van der Waals surface area contributed by atoms with Gasteiger partial charge in [0.05, 0.1) is 6.54 Å². The first-order valence-electron chi connectivity index (χ1n) is 9.29. The van der Waals surface area contributed by atoms with E-state index in [0.29, 0.717) is 18.5 Å². The fourth-order valence-corrected chi connectivity index (χ4v) is 3.60. The number of anilines is 1. The van der Waals surface area contributed by atoms with E-state index in [2.05, 4.69) is 42.3 Å². The standard InChI is InChI=1S/C17H22N8O2/c1-23(10-14-19-17(27-22-14)12-4-6-26-7-5-12)13-8-24(9-13)16-3-2-15-20-18-11-25(15)21-16/h2-3,11-13H,4-10H2,1H3. The fourth-order valence-electron chi connectivity index (χ4n) is 3.60. The van der Waals surface area contributed by atoms with Crippen LogP contribution in [-0.2, 0) is 11.3 Å². The Morgan fingerprint density at radius 3 is 2.93 bits per heavy atom. The molecule has 2 aliphatic rings. The monoisotopic (exact) mass is 370 g/mol. The normalized spacial score (nSPS) is 19.1. The lowest BCUT2D eigenvalue weighted by molar-refractivity contribution is 0.0778. The molecule has 0 N–H and O–H groups in total. The van der Waals surface area contributed by atoms with Crippen molar-refractivity contribution >= 4 is 11.5 Å². The van der Waals surface area contributed by atoms with Crippen molar-refractivity contribution in [3.8, 4) is 0 Å². The second-order valence-electron chi connectivity index (χ2n) is 7.23. The van der Waals surface area contributed by atoms with E-state index in [1.807, 2.05) is 12.1 Å². The molecular formula is C17H22N8O2. The quantitative estimate of drug-likeness (QED) is 0.643. The fraction of sp³-hybridized carbons (Fsp3) is 0.588. The highest BCUT2D eigenvalue weighted by molar-refractivity contribution is 5.47. The number of fused-ring (bicyclic) bond motifs is 1. The molecule has 3 aromatic heterocycles. The number of hydrogen-bond donors (Lipinski definition) is 0. The summed E-state index contributed by atoms with van der Waals surface area (Å²) in [6.45, 7) is 4.07. The molecule has 142 valence electrons. The van der Waals surface area contributed by atoms with Crippen LogP contribution in [0.1, 0.15) is 30.5 Å². The van der Waals surface area contributed by atoms with Crippen molar-refractivity contribution in [2.24, 2.45) is 0 Å². The van der Waals surface area contributed by atoms with Gasteiger partial charge in [0.1, 0.15) is 12.1 Å². The van der Waals surface area contributed by atoms with Gasteiger partial charge in [0.25, 0.3) is 0 Å². The van der Waals surface area contributed by atoms with E-state index in [-0.39, 0.29) is 0 Å². The number of nitrogens with zero attached hydrogens (tertiary/aromatic N) is 8. The zero-order chi connectivity index (χ0) is 18.2. The summed E-state index contributed by atoms with van der Waals surface area (Å²) in [6, 6.07) is 4.36. The third kappa shape index (κ3) is 3.26. The molecule has 0 radical (unpaired) electrons. The number of likely N-dealkylation sites (N-methyl/N-ethyl adjacent to an activating group) is 1. The zero-order valence-corrected chi connectivity index (χ0v) is 15.2. The maximum Gasteiger partial charge on any atom is 0.229 e. The molecule has 0 unspecified atom stereocenters. The number of ether oxygens (including phenoxy) is 1. The molecule has 0 amide bonds. The zero-order valence-electron chi connectivity index (χ0n) is 15.2. The second-order valence-corrected chi connectivity index (χ2v) is 7.23. The predicted octanol–water partition coefficient (Wildman–Crippen LogP) is 0.722. The van der Waals surface area contributed by atoms with E-state index < -0.39 is 0 Å². The van der Waals surface area contributed by atoms with Crippen molar-refractivity contribution in [3.05, 3.63) is 30.2 Å². The molecular weight excluding hydrogens is 348 g/mol. The second kappa shape index (κ2) is 6.86. The predicted molar refractivity (Wildman–Crippen MR) is 95.3 cm³/mol. The summed E-state index contributed by atoms with van der Waals surface area (Å²) >= 11 is 0. The minimum Gasteiger partial charge on any atom is -0.381 e. The smallest absolute Gasteiger partial charge is 0.229 e. The van der Waals surface area contributed by atoms with Crippen molar-refractivity contribution in [3.63, 3.8) is 0 Å². The molecule has 3 aromatic rings. The van der Waals surface area contributed by atoms with Crippen LogP contribution in [0.2, 0.25) is 0 Å². The third-order valence-electron chi connectivity index (χ3n) is 5.40. The van der Waals surface area contributed by atoms with Crippen LogP contribution in [0.3, 0.4) is 0 Å². The summed E-state index contributed by atoms with van der Waals surface area (Å²) in [5.74, 6) is 2.78. The van der Waals surface area contributed by atoms with Crippen molar-refractivity contribution in [1.82, 2.24) is 34.9 Å². The van der Waals surface area contributed by atoms with Gasteiger partial charge in [-0.2, -0.15) is 9.50 Å². The minimum absolute atomic E-state index is 0.336. The molecule has 2 saturated heterocycles. The Hall–Kier alpha value is -2.59. The molecule has 0 atom stereocenters. The lowest BCUT2D eigenvalue weighted by Crippen LogP contribution is -2.58. The van der Waals surface area contributed by atoms with Crippen molar-refractivity contribution in [1.29, 1.82) is 0 Å². The van der Waals surface area contributed by atoms with Crippen LogP contribution < -0.4 is 4.90 Å². The van der Waals surface area contributed by atoms with Crippen LogP contribution in [0.4, 0.5) is 5.82 Å². The molecule has 2 aliphatic heterocycles. The van der Waals surface area contributed by atoms with Gasteiger partial charge in [-0.05, 0) is 32.0 Å². The SMILES string of the molecule is CN(Cc1noc(C2CCOCC2)n1)C1CN(c2ccc3nncn3n2)C1. The molecule has 5 rings (SSSR count). The topological polar surface area (TPSA) is 97.7 Å². The molecule has 2 fully saturated rings. The van der Waals surface area contributed by atoms with Crippen LogP contribution in [0, 0.1) is 0 Å². The van der Waals surface area contributed by atoms with E-state index in [4.69, 9.17) is 9.26 Å². The van der Waals surface area contributed by atoms with Crippen LogP contribution in [0.25, 0.3) is 5.65 Å². The van der Waals surface area contributed by atoms with Gasteiger partial charge in [0.2, 0.25) is 5.89 Å². The van der Waals surface area contributed by atoms with Gasteiger partial charge in [0, 0.05) is 38.3 Å². The van der Waals surface area contributed by atoms with Crippen LogP contribution in [0.15, 0.2) is 23.0 Å². The first-order valence-corrected chi connectivity index (χ1v) is 9.29. The Labute approximate surface area is 156 Å². The summed E-state index contributed by atoms with van der Waals surface area (Å²) in [5, 5.41) is 16.6. The Kier molecular flexibility index (Phi) is 4.21. The largest absolute Gasteiger partial charge is 0.381 e. The minimum atomic E-state index is 0.336. The van der Waals surface area contributed by atoms with Crippen molar-refractivity contribution in [2.45, 2.75) is 31.3 Å². The van der Waals surface area contributed by atoms with Crippen LogP contribution in [-0.4, -0.2) is 74.2 Å². The summed E-state index contributed by atoms with van der Waals surface area (Å²) in [6.07, 6.45) is 3.53. The molecule has 0 spiro atoms. The van der Waals surface area contributed by atoms with Gasteiger partial charge in [-0.25, -0.2) is 0 Å². The van der Waals surface area contributed by atoms with Gasteiger partial charge in [0.15, 0.2) is 11.5 Å². The highest BCUT2D eigenvalue weighted by atomic mass is 16.5. The Balaban J connectivity index is 1.17. The van der Waals surface area contributed by atoms with Gasteiger partial charge < -0.3 is 14.2 Å². The average molecular weight is 370 g/mol. The molecule has 0 bridgehead atoms. The van der Waals surface area contributed by atoms with Crippen molar-refractivity contribution < 1.29 is 9.26 Å². The Morgan fingerprint density at radius 2 is 2.07 bits per heavy atom. The van der Waals surface area contributed by atoms with E-state index >= 15 is 0 Å². The Morgan fingerprint density at radius 1 is 1.22 bits per heavy atom. The molecule has 0 aliphatic carbocycles. The summed E-state index contributed by atoms with van der Waals surface area (Å²) in [5.41, 5.74) is 0.755. The van der Waals surface area contributed by atoms with E-state index in [9.17, 15) is 0 Å². The first kappa shape index (κ1) is 16.6. The number of hydrogen-bond acceptors (Lipinski definition) is 9. The maximum absolute atomic E-state index is 5.48. The lowest BCUT2D eigenvalue weighted by Gasteiger charge is -2.44. The highest BCUT2D eigenvalue weighted by Crippen LogP contribution is 2.26. The third-order valence-corrected chi connectivity index (χ3v) is 5.40.